The van der Waals surface area contributed by atoms with Crippen LogP contribution in [0, 0.1) is 17.1 Å². The molecule has 0 amide bonds. The molecular formula is C18H11BrFN3. The highest BCUT2D eigenvalue weighted by atomic mass is 79.9. The summed E-state index contributed by atoms with van der Waals surface area (Å²) in [5, 5.41) is 9.36. The highest BCUT2D eigenvalue weighted by Gasteiger charge is 2.13. The molecule has 0 unspecified atom stereocenters. The van der Waals surface area contributed by atoms with Gasteiger partial charge < -0.3 is 5.73 Å². The molecule has 2 N–H and O–H groups in total. The lowest BCUT2D eigenvalue weighted by atomic mass is 9.98. The average Bonchev–Trinajstić information content (AvgIpc) is 2.55. The number of aromatic nitrogens is 1. The SMILES string of the molecule is N#Cc1c(-c2ccc(F)cc2)cc(-c2ccc(Br)cc2)nc1N. The maximum absolute atomic E-state index is 13.1. The first-order valence-corrected chi connectivity index (χ1v) is 7.60. The molecule has 0 fully saturated rings. The number of benzene rings is 2. The van der Waals surface area contributed by atoms with E-state index in [1.165, 1.54) is 12.1 Å². The third-order valence-corrected chi connectivity index (χ3v) is 3.98. The van der Waals surface area contributed by atoms with Gasteiger partial charge in [-0.2, -0.15) is 5.26 Å². The van der Waals surface area contributed by atoms with Crippen LogP contribution in [-0.2, 0) is 0 Å². The van der Waals surface area contributed by atoms with E-state index in [9.17, 15) is 9.65 Å². The zero-order valence-electron chi connectivity index (χ0n) is 11.9. The van der Waals surface area contributed by atoms with E-state index < -0.39 is 0 Å². The van der Waals surface area contributed by atoms with Crippen molar-refractivity contribution < 1.29 is 4.39 Å². The van der Waals surface area contributed by atoms with Crippen molar-refractivity contribution in [2.24, 2.45) is 0 Å². The first-order chi connectivity index (χ1) is 11.1. The van der Waals surface area contributed by atoms with Crippen LogP contribution in [0.1, 0.15) is 5.56 Å². The fourth-order valence-corrected chi connectivity index (χ4v) is 2.57. The largest absolute Gasteiger partial charge is 0.383 e. The fraction of sp³-hybridized carbons (Fsp3) is 0. The highest BCUT2D eigenvalue weighted by Crippen LogP contribution is 2.31. The van der Waals surface area contributed by atoms with Crippen LogP contribution in [0.5, 0.6) is 0 Å². The number of anilines is 1. The molecule has 3 rings (SSSR count). The number of nitrogens with zero attached hydrogens (tertiary/aromatic N) is 2. The van der Waals surface area contributed by atoms with Gasteiger partial charge in [0.15, 0.2) is 0 Å². The molecule has 23 heavy (non-hydrogen) atoms. The predicted octanol–water partition coefficient (Wildman–Crippen LogP) is 4.77. The van der Waals surface area contributed by atoms with E-state index in [1.807, 2.05) is 24.3 Å². The van der Waals surface area contributed by atoms with Crippen molar-refractivity contribution in [3.05, 3.63) is 70.5 Å². The molecule has 1 aromatic heterocycles. The number of nitrogens with two attached hydrogens (primary N) is 1. The smallest absolute Gasteiger partial charge is 0.142 e. The quantitative estimate of drug-likeness (QED) is 0.709. The molecule has 5 heteroatoms. The maximum atomic E-state index is 13.1. The third-order valence-electron chi connectivity index (χ3n) is 3.45. The van der Waals surface area contributed by atoms with E-state index in [1.54, 1.807) is 18.2 Å². The highest BCUT2D eigenvalue weighted by molar-refractivity contribution is 9.10. The minimum absolute atomic E-state index is 0.159. The lowest BCUT2D eigenvalue weighted by Gasteiger charge is -2.10. The van der Waals surface area contributed by atoms with Crippen molar-refractivity contribution >= 4 is 21.7 Å². The Morgan fingerprint density at radius 1 is 1.00 bits per heavy atom. The molecule has 0 aliphatic carbocycles. The summed E-state index contributed by atoms with van der Waals surface area (Å²) in [7, 11) is 0. The fourth-order valence-electron chi connectivity index (χ4n) is 2.31. The minimum Gasteiger partial charge on any atom is -0.383 e. The van der Waals surface area contributed by atoms with Crippen LogP contribution in [0.15, 0.2) is 59.1 Å². The molecule has 0 atom stereocenters. The van der Waals surface area contributed by atoms with E-state index in [-0.39, 0.29) is 17.2 Å². The topological polar surface area (TPSA) is 62.7 Å². The zero-order valence-corrected chi connectivity index (χ0v) is 13.5. The van der Waals surface area contributed by atoms with Gasteiger partial charge in [0, 0.05) is 15.6 Å². The number of halogens is 2. The third kappa shape index (κ3) is 3.08. The van der Waals surface area contributed by atoms with Crippen LogP contribution in [0.25, 0.3) is 22.4 Å². The Morgan fingerprint density at radius 2 is 1.61 bits per heavy atom. The first-order valence-electron chi connectivity index (χ1n) is 6.81. The van der Waals surface area contributed by atoms with E-state index in [0.29, 0.717) is 11.3 Å². The van der Waals surface area contributed by atoms with Crippen molar-refractivity contribution in [1.29, 1.82) is 5.26 Å². The number of nitriles is 1. The van der Waals surface area contributed by atoms with Crippen LogP contribution < -0.4 is 5.73 Å². The molecule has 0 aliphatic rings. The summed E-state index contributed by atoms with van der Waals surface area (Å²) in [6.07, 6.45) is 0. The van der Waals surface area contributed by atoms with Gasteiger partial charge in [-0.1, -0.05) is 40.2 Å². The van der Waals surface area contributed by atoms with E-state index in [0.717, 1.165) is 15.6 Å². The lowest BCUT2D eigenvalue weighted by Crippen LogP contribution is -1.99. The Labute approximate surface area is 141 Å². The van der Waals surface area contributed by atoms with Gasteiger partial charge in [-0.05, 0) is 35.9 Å². The maximum Gasteiger partial charge on any atom is 0.142 e. The second kappa shape index (κ2) is 6.19. The van der Waals surface area contributed by atoms with Crippen molar-refractivity contribution in [3.63, 3.8) is 0 Å². The summed E-state index contributed by atoms with van der Waals surface area (Å²) in [6, 6.07) is 17.5. The summed E-state index contributed by atoms with van der Waals surface area (Å²) < 4.78 is 14.1. The van der Waals surface area contributed by atoms with Gasteiger partial charge in [0.1, 0.15) is 23.3 Å². The molecule has 0 saturated heterocycles. The van der Waals surface area contributed by atoms with Crippen LogP contribution in [-0.4, -0.2) is 4.98 Å². The van der Waals surface area contributed by atoms with E-state index in [2.05, 4.69) is 27.0 Å². The molecule has 3 aromatic rings. The first kappa shape index (κ1) is 15.2. The normalized spacial score (nSPS) is 10.3. The summed E-state index contributed by atoms with van der Waals surface area (Å²) >= 11 is 3.39. The van der Waals surface area contributed by atoms with Crippen molar-refractivity contribution in [2.45, 2.75) is 0 Å². The molecule has 0 spiro atoms. The van der Waals surface area contributed by atoms with Gasteiger partial charge in [0.25, 0.3) is 0 Å². The number of hydrogen-bond acceptors (Lipinski definition) is 3. The van der Waals surface area contributed by atoms with Crippen LogP contribution >= 0.6 is 15.9 Å². The molecule has 0 aliphatic heterocycles. The Bertz CT molecular complexity index is 897. The Hall–Kier alpha value is -2.71. The molecule has 0 bridgehead atoms. The zero-order chi connectivity index (χ0) is 16.4. The van der Waals surface area contributed by atoms with Gasteiger partial charge in [0.05, 0.1) is 5.69 Å². The van der Waals surface area contributed by atoms with Gasteiger partial charge in [0.2, 0.25) is 0 Å². The number of pyridine rings is 1. The standard InChI is InChI=1S/C18H11BrFN3/c19-13-5-1-12(2-6-13)17-9-15(16(10-21)18(22)23-17)11-3-7-14(20)8-4-11/h1-9H,(H2,22,23). The Morgan fingerprint density at radius 3 is 2.22 bits per heavy atom. The average molecular weight is 368 g/mol. The molecule has 2 aromatic carbocycles. The second-order valence-corrected chi connectivity index (χ2v) is 5.86. The van der Waals surface area contributed by atoms with Gasteiger partial charge in [-0.15, -0.1) is 0 Å². The molecule has 3 nitrogen and oxygen atoms in total. The van der Waals surface area contributed by atoms with Crippen molar-refractivity contribution in [3.8, 4) is 28.5 Å². The van der Waals surface area contributed by atoms with Crippen LogP contribution in [0.4, 0.5) is 10.2 Å². The summed E-state index contributed by atoms with van der Waals surface area (Å²) in [4.78, 5) is 4.31. The lowest BCUT2D eigenvalue weighted by molar-refractivity contribution is 0.628. The van der Waals surface area contributed by atoms with E-state index >= 15 is 0 Å². The number of rotatable bonds is 2. The molecule has 112 valence electrons. The summed E-state index contributed by atoms with van der Waals surface area (Å²) in [6.45, 7) is 0. The van der Waals surface area contributed by atoms with Gasteiger partial charge in [-0.25, -0.2) is 9.37 Å². The number of nitrogen functional groups attached to an aromatic ring is 1. The van der Waals surface area contributed by atoms with Crippen LogP contribution in [0.2, 0.25) is 0 Å². The number of hydrogen-bond donors (Lipinski definition) is 1. The summed E-state index contributed by atoms with van der Waals surface area (Å²) in [5.41, 5.74) is 9.14. The second-order valence-electron chi connectivity index (χ2n) is 4.94. The molecule has 1 heterocycles. The monoisotopic (exact) mass is 367 g/mol. The molecule has 0 saturated carbocycles. The predicted molar refractivity (Wildman–Crippen MR) is 91.9 cm³/mol. The van der Waals surface area contributed by atoms with Crippen molar-refractivity contribution in [2.75, 3.05) is 5.73 Å². The van der Waals surface area contributed by atoms with Gasteiger partial charge in [-0.3, -0.25) is 0 Å². The van der Waals surface area contributed by atoms with Crippen molar-refractivity contribution in [1.82, 2.24) is 4.98 Å². The molecule has 0 radical (unpaired) electrons. The minimum atomic E-state index is -0.331. The molecular weight excluding hydrogens is 357 g/mol. The van der Waals surface area contributed by atoms with Gasteiger partial charge >= 0.3 is 0 Å². The Balaban J connectivity index is 2.20. The van der Waals surface area contributed by atoms with E-state index in [4.69, 9.17) is 5.73 Å². The summed E-state index contributed by atoms with van der Waals surface area (Å²) in [5.74, 6) is -0.172. The Kier molecular flexibility index (Phi) is 4.09. The van der Waals surface area contributed by atoms with Crippen LogP contribution in [0.3, 0.4) is 0 Å².